The Labute approximate surface area is 99.7 Å². The zero-order chi connectivity index (χ0) is 12.0. The molecule has 1 aromatic carbocycles. The van der Waals surface area contributed by atoms with Crippen molar-refractivity contribution in [2.45, 2.75) is 6.92 Å². The molecule has 0 unspecified atom stereocenters. The summed E-state index contributed by atoms with van der Waals surface area (Å²) in [7, 11) is 1.33. The molecular formula is C12H12O3S. The van der Waals surface area contributed by atoms with Gasteiger partial charge in [-0.2, -0.15) is 0 Å². The predicted molar refractivity (Wildman–Crippen MR) is 65.9 cm³/mol. The maximum absolute atomic E-state index is 11.6. The second kappa shape index (κ2) is 6.02. The van der Waals surface area contributed by atoms with Gasteiger partial charge in [0.15, 0.2) is 5.55 Å². The number of rotatable bonds is 4. The zero-order valence-electron chi connectivity index (χ0n) is 9.10. The largest absolute Gasteiger partial charge is 0.465 e. The van der Waals surface area contributed by atoms with Gasteiger partial charge in [-0.15, -0.1) is 0 Å². The summed E-state index contributed by atoms with van der Waals surface area (Å²) in [4.78, 5) is 11.6. The Morgan fingerprint density at radius 2 is 2.06 bits per heavy atom. The van der Waals surface area contributed by atoms with Gasteiger partial charge < -0.3 is 9.47 Å². The molecule has 84 valence electrons. The van der Waals surface area contributed by atoms with E-state index in [2.05, 4.69) is 17.0 Å². The number of hydrogen-bond acceptors (Lipinski definition) is 4. The van der Waals surface area contributed by atoms with Gasteiger partial charge in [-0.25, -0.2) is 4.79 Å². The maximum atomic E-state index is 11.6. The number of ether oxygens (including phenoxy) is 2. The lowest BCUT2D eigenvalue weighted by Gasteiger charge is -2.07. The molecule has 0 spiro atoms. The number of carbonyl (C=O) groups is 1. The van der Waals surface area contributed by atoms with E-state index in [1.165, 1.54) is 13.4 Å². The number of thiocarbonyl (C=S) groups is 1. The van der Waals surface area contributed by atoms with Crippen molar-refractivity contribution in [3.05, 3.63) is 41.7 Å². The fourth-order valence-electron chi connectivity index (χ4n) is 1.30. The minimum atomic E-state index is -0.453. The Kier molecular flexibility index (Phi) is 4.66. The standard InChI is InChI=1S/C12H12O3S/c1-9-5-3-4-6-10(9)11(7-15-8-16)12(13)14-2/h3-8H,1-2H3. The molecule has 0 N–H and O–H groups in total. The van der Waals surface area contributed by atoms with Gasteiger partial charge in [-0.3, -0.25) is 0 Å². The monoisotopic (exact) mass is 236 g/mol. The van der Waals surface area contributed by atoms with E-state index in [0.717, 1.165) is 16.7 Å². The molecule has 0 atom stereocenters. The molecule has 1 aromatic rings. The SMILES string of the molecule is COC(=O)C(=COC=S)c1ccccc1C. The van der Waals surface area contributed by atoms with E-state index >= 15 is 0 Å². The van der Waals surface area contributed by atoms with Gasteiger partial charge in [0.25, 0.3) is 0 Å². The predicted octanol–water partition coefficient (Wildman–Crippen LogP) is 2.48. The quantitative estimate of drug-likeness (QED) is 0.348. The average molecular weight is 236 g/mol. The number of carbonyl (C=O) groups excluding carboxylic acids is 1. The summed E-state index contributed by atoms with van der Waals surface area (Å²) in [6.07, 6.45) is 1.29. The van der Waals surface area contributed by atoms with E-state index in [1.54, 1.807) is 0 Å². The lowest BCUT2D eigenvalue weighted by atomic mass is 10.0. The first-order valence-electron chi connectivity index (χ1n) is 4.64. The summed E-state index contributed by atoms with van der Waals surface area (Å²) in [5.41, 5.74) is 3.17. The van der Waals surface area contributed by atoms with Crippen LogP contribution in [0.4, 0.5) is 0 Å². The Morgan fingerprint density at radius 1 is 1.38 bits per heavy atom. The zero-order valence-corrected chi connectivity index (χ0v) is 9.91. The van der Waals surface area contributed by atoms with Crippen LogP contribution >= 0.6 is 12.2 Å². The Bertz CT molecular complexity index is 424. The Morgan fingerprint density at radius 3 is 2.62 bits per heavy atom. The van der Waals surface area contributed by atoms with Crippen LogP contribution in [0.15, 0.2) is 30.5 Å². The summed E-state index contributed by atoms with van der Waals surface area (Å²) in [5.74, 6) is -0.453. The lowest BCUT2D eigenvalue weighted by Crippen LogP contribution is -2.05. The fourth-order valence-corrected chi connectivity index (χ4v) is 1.36. The third-order valence-electron chi connectivity index (χ3n) is 2.08. The van der Waals surface area contributed by atoms with Gasteiger partial charge >= 0.3 is 5.97 Å². The van der Waals surface area contributed by atoms with Crippen molar-refractivity contribution >= 4 is 29.3 Å². The highest BCUT2D eigenvalue weighted by atomic mass is 32.1. The van der Waals surface area contributed by atoms with Crippen molar-refractivity contribution in [1.82, 2.24) is 0 Å². The number of esters is 1. The molecule has 0 amide bonds. The molecule has 0 bridgehead atoms. The van der Waals surface area contributed by atoms with E-state index in [-0.39, 0.29) is 0 Å². The highest BCUT2D eigenvalue weighted by Gasteiger charge is 2.14. The van der Waals surface area contributed by atoms with Crippen LogP contribution in [0.25, 0.3) is 5.57 Å². The van der Waals surface area contributed by atoms with Crippen molar-refractivity contribution < 1.29 is 14.3 Å². The molecule has 0 radical (unpaired) electrons. The van der Waals surface area contributed by atoms with Crippen molar-refractivity contribution in [2.75, 3.05) is 7.11 Å². The van der Waals surface area contributed by atoms with Gasteiger partial charge in [-0.05, 0) is 30.3 Å². The second-order valence-corrected chi connectivity index (χ2v) is 3.26. The molecule has 16 heavy (non-hydrogen) atoms. The molecular weight excluding hydrogens is 224 g/mol. The van der Waals surface area contributed by atoms with Crippen LogP contribution in [-0.4, -0.2) is 18.6 Å². The van der Waals surface area contributed by atoms with Crippen LogP contribution in [0, 0.1) is 6.92 Å². The number of hydrogen-bond donors (Lipinski definition) is 0. The summed E-state index contributed by atoms with van der Waals surface area (Å²) >= 11 is 4.53. The number of methoxy groups -OCH3 is 1. The molecule has 0 aliphatic heterocycles. The molecule has 0 aliphatic rings. The second-order valence-electron chi connectivity index (χ2n) is 3.07. The summed E-state index contributed by atoms with van der Waals surface area (Å²) in [6.45, 7) is 1.91. The van der Waals surface area contributed by atoms with Crippen molar-refractivity contribution in [3.63, 3.8) is 0 Å². The lowest BCUT2D eigenvalue weighted by molar-refractivity contribution is -0.133. The smallest absolute Gasteiger partial charge is 0.341 e. The molecule has 0 aliphatic carbocycles. The van der Waals surface area contributed by atoms with E-state index < -0.39 is 5.97 Å². The van der Waals surface area contributed by atoms with Crippen LogP contribution in [0.1, 0.15) is 11.1 Å². The van der Waals surface area contributed by atoms with Gasteiger partial charge in [0.1, 0.15) is 11.8 Å². The van der Waals surface area contributed by atoms with Crippen LogP contribution in [0.5, 0.6) is 0 Å². The first-order valence-corrected chi connectivity index (χ1v) is 5.11. The van der Waals surface area contributed by atoms with Crippen LogP contribution in [0.3, 0.4) is 0 Å². The molecule has 0 fully saturated rings. The van der Waals surface area contributed by atoms with Crippen molar-refractivity contribution in [3.8, 4) is 0 Å². The molecule has 0 saturated carbocycles. The van der Waals surface area contributed by atoms with Crippen LogP contribution in [0.2, 0.25) is 0 Å². The Balaban J connectivity index is 3.16. The number of benzene rings is 1. The topological polar surface area (TPSA) is 35.5 Å². The van der Waals surface area contributed by atoms with Gasteiger partial charge in [-0.1, -0.05) is 24.3 Å². The van der Waals surface area contributed by atoms with E-state index in [4.69, 9.17) is 4.74 Å². The van der Waals surface area contributed by atoms with Crippen LogP contribution in [-0.2, 0) is 14.3 Å². The summed E-state index contributed by atoms with van der Waals surface area (Å²) in [5, 5.41) is 0. The Hall–Kier alpha value is -1.68. The normalized spacial score (nSPS) is 10.8. The van der Waals surface area contributed by atoms with E-state index in [9.17, 15) is 4.79 Å². The molecule has 4 heteroatoms. The molecule has 1 rings (SSSR count). The highest BCUT2D eigenvalue weighted by Crippen LogP contribution is 2.19. The van der Waals surface area contributed by atoms with E-state index in [0.29, 0.717) is 5.57 Å². The van der Waals surface area contributed by atoms with Gasteiger partial charge in [0, 0.05) is 0 Å². The van der Waals surface area contributed by atoms with E-state index in [1.807, 2.05) is 31.2 Å². The van der Waals surface area contributed by atoms with Gasteiger partial charge in [0.2, 0.25) is 0 Å². The summed E-state index contributed by atoms with van der Waals surface area (Å²) < 4.78 is 9.54. The highest BCUT2D eigenvalue weighted by molar-refractivity contribution is 7.78. The first-order chi connectivity index (χ1) is 7.70. The maximum Gasteiger partial charge on any atom is 0.341 e. The molecule has 3 nitrogen and oxygen atoms in total. The summed E-state index contributed by atoms with van der Waals surface area (Å²) in [6, 6.07) is 7.47. The van der Waals surface area contributed by atoms with Crippen LogP contribution < -0.4 is 0 Å². The molecule has 0 saturated heterocycles. The first kappa shape index (κ1) is 12.4. The molecule has 0 aromatic heterocycles. The fraction of sp³-hybridized carbons (Fsp3) is 0.167. The van der Waals surface area contributed by atoms with Crippen molar-refractivity contribution in [1.29, 1.82) is 0 Å². The van der Waals surface area contributed by atoms with Crippen molar-refractivity contribution in [2.24, 2.45) is 0 Å². The third-order valence-corrected chi connectivity index (χ3v) is 2.19. The average Bonchev–Trinajstić information content (AvgIpc) is 2.31. The molecule has 0 heterocycles. The minimum Gasteiger partial charge on any atom is -0.465 e. The van der Waals surface area contributed by atoms with Gasteiger partial charge in [0.05, 0.1) is 7.11 Å². The third kappa shape index (κ3) is 2.90. The minimum absolute atomic E-state index is 0.349. The number of aryl methyl sites for hydroxylation is 1.